The van der Waals surface area contributed by atoms with Crippen LogP contribution in [0.5, 0.6) is 5.75 Å². The Kier molecular flexibility index (Phi) is 7.82. The maximum Gasteiger partial charge on any atom is 0.152 e. The van der Waals surface area contributed by atoms with E-state index >= 15 is 0 Å². The second-order valence-electron chi connectivity index (χ2n) is 6.91. The molecule has 0 amide bonds. The van der Waals surface area contributed by atoms with Gasteiger partial charge in [0.05, 0.1) is 11.8 Å². The van der Waals surface area contributed by atoms with Gasteiger partial charge in [-0.25, -0.2) is 10.3 Å². The SMILES string of the molecule is N/C(=C(/NCc1ccccc1)N(N)SS)c1ccc(OC2CCCCC2)cc1. The molecule has 1 saturated carbocycles. The highest BCUT2D eigenvalue weighted by Crippen LogP contribution is 2.26. The standard InChI is InChI=1S/C21H28N4OS2/c22-20(21(25(23)28-27)24-15-16-7-3-1-4-8-16)17-11-13-19(14-12-17)26-18-9-5-2-6-10-18/h1,3-4,7-8,11-14,18,24,27H,2,5-6,9-10,15,22-23H2/b21-20-. The predicted molar refractivity (Wildman–Crippen MR) is 121 cm³/mol. The van der Waals surface area contributed by atoms with E-state index in [1.54, 1.807) is 0 Å². The van der Waals surface area contributed by atoms with Crippen molar-refractivity contribution in [2.75, 3.05) is 0 Å². The van der Waals surface area contributed by atoms with Gasteiger partial charge in [0.15, 0.2) is 5.82 Å². The summed E-state index contributed by atoms with van der Waals surface area (Å²) in [5.74, 6) is 7.57. The molecule has 0 aliphatic heterocycles. The van der Waals surface area contributed by atoms with Crippen molar-refractivity contribution >= 4 is 28.3 Å². The van der Waals surface area contributed by atoms with E-state index in [4.69, 9.17) is 16.3 Å². The van der Waals surface area contributed by atoms with Gasteiger partial charge in [0.1, 0.15) is 5.75 Å². The Morgan fingerprint density at radius 1 is 1.07 bits per heavy atom. The zero-order valence-corrected chi connectivity index (χ0v) is 17.6. The van der Waals surface area contributed by atoms with Crippen LogP contribution in [0.2, 0.25) is 0 Å². The van der Waals surface area contributed by atoms with Crippen molar-refractivity contribution in [1.29, 1.82) is 0 Å². The molecule has 5 nitrogen and oxygen atoms in total. The molecule has 1 fully saturated rings. The minimum Gasteiger partial charge on any atom is -0.490 e. The van der Waals surface area contributed by atoms with E-state index in [-0.39, 0.29) is 0 Å². The molecule has 3 rings (SSSR count). The Labute approximate surface area is 176 Å². The first-order valence-electron chi connectivity index (χ1n) is 9.58. The number of thiol groups is 1. The van der Waals surface area contributed by atoms with Crippen molar-refractivity contribution in [1.82, 2.24) is 9.73 Å². The maximum absolute atomic E-state index is 6.42. The van der Waals surface area contributed by atoms with Gasteiger partial charge < -0.3 is 15.8 Å². The van der Waals surface area contributed by atoms with E-state index in [1.165, 1.54) is 23.7 Å². The molecule has 2 aromatic carbocycles. The molecule has 0 bridgehead atoms. The number of ether oxygens (including phenoxy) is 1. The molecule has 1 aliphatic rings. The molecule has 1 aliphatic carbocycles. The van der Waals surface area contributed by atoms with Crippen molar-refractivity contribution < 1.29 is 4.74 Å². The fourth-order valence-corrected chi connectivity index (χ4v) is 3.83. The van der Waals surface area contributed by atoms with E-state index in [9.17, 15) is 0 Å². The number of hydrazine groups is 1. The van der Waals surface area contributed by atoms with E-state index < -0.39 is 0 Å². The number of nitrogens with two attached hydrogens (primary N) is 2. The van der Waals surface area contributed by atoms with E-state index in [1.807, 2.05) is 54.6 Å². The first-order valence-corrected chi connectivity index (χ1v) is 11.4. The summed E-state index contributed by atoms with van der Waals surface area (Å²) in [6.45, 7) is 0.613. The van der Waals surface area contributed by atoms with Crippen LogP contribution in [0.15, 0.2) is 60.4 Å². The highest BCUT2D eigenvalue weighted by Gasteiger charge is 2.16. The molecule has 0 atom stereocenters. The summed E-state index contributed by atoms with van der Waals surface area (Å²) in [6, 6.07) is 18.0. The Morgan fingerprint density at radius 3 is 2.39 bits per heavy atom. The number of nitrogens with zero attached hydrogens (tertiary/aromatic N) is 1. The van der Waals surface area contributed by atoms with E-state index in [0.29, 0.717) is 24.2 Å². The van der Waals surface area contributed by atoms with Gasteiger partial charge in [-0.2, -0.15) is 0 Å². The van der Waals surface area contributed by atoms with Crippen LogP contribution in [0, 0.1) is 0 Å². The zero-order valence-electron chi connectivity index (χ0n) is 15.9. The molecule has 0 aromatic heterocycles. The smallest absolute Gasteiger partial charge is 0.152 e. The lowest BCUT2D eigenvalue weighted by molar-refractivity contribution is 0.155. The summed E-state index contributed by atoms with van der Waals surface area (Å²) < 4.78 is 7.52. The van der Waals surface area contributed by atoms with Gasteiger partial charge >= 0.3 is 0 Å². The van der Waals surface area contributed by atoms with Crippen LogP contribution in [-0.2, 0) is 6.54 Å². The first kappa shape index (κ1) is 20.8. The fraction of sp³-hybridized carbons (Fsp3) is 0.333. The first-order chi connectivity index (χ1) is 13.7. The Bertz CT molecular complexity index is 762. The van der Waals surface area contributed by atoms with Crippen molar-refractivity contribution in [2.24, 2.45) is 11.6 Å². The molecule has 0 saturated heterocycles. The Balaban J connectivity index is 1.72. The third-order valence-corrected chi connectivity index (χ3v) is 5.77. The summed E-state index contributed by atoms with van der Waals surface area (Å²) in [4.78, 5) is 0. The van der Waals surface area contributed by atoms with Crippen molar-refractivity contribution in [3.05, 3.63) is 71.5 Å². The van der Waals surface area contributed by atoms with Crippen LogP contribution < -0.4 is 21.6 Å². The van der Waals surface area contributed by atoms with Gasteiger partial charge in [-0.3, -0.25) is 0 Å². The molecule has 7 heteroatoms. The number of benzene rings is 2. The highest BCUT2D eigenvalue weighted by molar-refractivity contribution is 8.67. The van der Waals surface area contributed by atoms with Crippen molar-refractivity contribution in [3.8, 4) is 5.75 Å². The zero-order chi connectivity index (χ0) is 19.8. The second kappa shape index (κ2) is 10.5. The minimum atomic E-state index is 0.329. The molecule has 0 unspecified atom stereocenters. The minimum absolute atomic E-state index is 0.329. The van der Waals surface area contributed by atoms with Crippen LogP contribution in [-0.4, -0.2) is 10.5 Å². The van der Waals surface area contributed by atoms with Gasteiger partial charge in [-0.1, -0.05) is 48.4 Å². The quantitative estimate of drug-likeness (QED) is 0.168. The lowest BCUT2D eigenvalue weighted by Gasteiger charge is -2.24. The Morgan fingerprint density at radius 2 is 1.75 bits per heavy atom. The maximum atomic E-state index is 6.42. The number of hydrogen-bond acceptors (Lipinski definition) is 7. The van der Waals surface area contributed by atoms with Gasteiger partial charge in [0.25, 0.3) is 0 Å². The molecule has 0 radical (unpaired) electrons. The summed E-state index contributed by atoms with van der Waals surface area (Å²) in [7, 11) is 1.10. The summed E-state index contributed by atoms with van der Waals surface area (Å²) >= 11 is 4.20. The Hall–Kier alpha value is -1.96. The molecule has 150 valence electrons. The van der Waals surface area contributed by atoms with Gasteiger partial charge in [-0.15, -0.1) is 0 Å². The third kappa shape index (κ3) is 5.77. The lowest BCUT2D eigenvalue weighted by atomic mass is 9.98. The monoisotopic (exact) mass is 416 g/mol. The third-order valence-electron chi connectivity index (χ3n) is 4.89. The van der Waals surface area contributed by atoms with Crippen molar-refractivity contribution in [3.63, 3.8) is 0 Å². The topological polar surface area (TPSA) is 76.5 Å². The molecule has 0 spiro atoms. The molecule has 2 aromatic rings. The largest absolute Gasteiger partial charge is 0.490 e. The molecule has 5 N–H and O–H groups in total. The molecule has 0 heterocycles. The number of rotatable bonds is 8. The van der Waals surface area contributed by atoms with Crippen LogP contribution in [0.3, 0.4) is 0 Å². The van der Waals surface area contributed by atoms with Crippen molar-refractivity contribution in [2.45, 2.75) is 44.8 Å². The number of hydrogen-bond donors (Lipinski definition) is 4. The molecular weight excluding hydrogens is 388 g/mol. The van der Waals surface area contributed by atoms with Crippen LogP contribution in [0.1, 0.15) is 43.2 Å². The average molecular weight is 417 g/mol. The van der Waals surface area contributed by atoms with Gasteiger partial charge in [0, 0.05) is 23.1 Å². The van der Waals surface area contributed by atoms with Gasteiger partial charge in [-0.05, 0) is 55.5 Å². The van der Waals surface area contributed by atoms with Crippen LogP contribution >= 0.6 is 22.6 Å². The van der Waals surface area contributed by atoms with E-state index in [0.717, 1.165) is 40.7 Å². The van der Waals surface area contributed by atoms with Gasteiger partial charge in [0.2, 0.25) is 0 Å². The average Bonchev–Trinajstić information content (AvgIpc) is 2.75. The normalized spacial score (nSPS) is 15.6. The second-order valence-corrected chi connectivity index (χ2v) is 7.96. The highest BCUT2D eigenvalue weighted by atomic mass is 33.1. The molecule has 28 heavy (non-hydrogen) atoms. The number of nitrogens with one attached hydrogen (secondary N) is 1. The lowest BCUT2D eigenvalue weighted by Crippen LogP contribution is -2.33. The summed E-state index contributed by atoms with van der Waals surface area (Å²) in [5.41, 5.74) is 9.00. The van der Waals surface area contributed by atoms with E-state index in [2.05, 4.69) is 17.0 Å². The van der Waals surface area contributed by atoms with Crippen LogP contribution in [0.4, 0.5) is 0 Å². The fourth-order valence-electron chi connectivity index (χ4n) is 3.34. The summed E-state index contributed by atoms with van der Waals surface area (Å²) in [5, 5.41) is 3.32. The van der Waals surface area contributed by atoms with Crippen LogP contribution in [0.25, 0.3) is 5.70 Å². The summed E-state index contributed by atoms with van der Waals surface area (Å²) in [6.07, 6.45) is 6.43. The predicted octanol–water partition coefficient (Wildman–Crippen LogP) is 4.44. The molecular formula is C21H28N4OS2.